The molecule has 0 aliphatic carbocycles. The van der Waals surface area contributed by atoms with Crippen molar-refractivity contribution >= 4 is 5.69 Å². The second-order valence-electron chi connectivity index (χ2n) is 2.10. The van der Waals surface area contributed by atoms with Crippen LogP contribution >= 0.6 is 0 Å². The van der Waals surface area contributed by atoms with Crippen LogP contribution in [-0.2, 0) is 4.84 Å². The zero-order valence-corrected chi connectivity index (χ0v) is 6.78. The lowest BCUT2D eigenvalue weighted by Crippen LogP contribution is -1.85. The summed E-state index contributed by atoms with van der Waals surface area (Å²) in [4.78, 5) is 7.92. The van der Waals surface area contributed by atoms with E-state index >= 15 is 0 Å². The summed E-state index contributed by atoms with van der Waals surface area (Å²) in [6.45, 7) is 1.65. The number of aryl methyl sites for hydroxylation is 1. The number of aromatic nitrogens is 1. The summed E-state index contributed by atoms with van der Waals surface area (Å²) in [5, 5.41) is 6.93. The van der Waals surface area contributed by atoms with E-state index in [1.165, 1.54) is 19.2 Å². The molecule has 5 heteroatoms. The smallest absolute Gasteiger partial charge is 0.213 e. The highest BCUT2D eigenvalue weighted by Gasteiger charge is 1.99. The van der Waals surface area contributed by atoms with E-state index in [2.05, 4.69) is 20.2 Å². The molecule has 0 aromatic carbocycles. The minimum atomic E-state index is -0.524. The van der Waals surface area contributed by atoms with Crippen LogP contribution in [0.25, 0.3) is 0 Å². The van der Waals surface area contributed by atoms with Crippen LogP contribution in [0.3, 0.4) is 0 Å². The van der Waals surface area contributed by atoms with Gasteiger partial charge in [0.1, 0.15) is 12.8 Å². The Bertz CT molecular complexity index is 301. The van der Waals surface area contributed by atoms with Crippen LogP contribution in [0, 0.1) is 12.9 Å². The molecular formula is C7H8FN3O. The summed E-state index contributed by atoms with van der Waals surface area (Å²) in [5.41, 5.74) is 0.981. The van der Waals surface area contributed by atoms with E-state index in [1.54, 1.807) is 6.92 Å². The number of nitrogens with zero attached hydrogens (tertiary/aromatic N) is 3. The fraction of sp³-hybridized carbons (Fsp3) is 0.286. The van der Waals surface area contributed by atoms with Crippen LogP contribution in [0.1, 0.15) is 5.69 Å². The molecule has 0 aliphatic rings. The molecule has 1 rings (SSSR count). The molecule has 0 atom stereocenters. The molecule has 1 aromatic rings. The standard InChI is InChI=1S/C7H8FN3O/c1-5-6(10-11-12-2)3-4-7(8)9-5/h3-4H,1-2H3. The van der Waals surface area contributed by atoms with Crippen molar-refractivity contribution < 1.29 is 9.23 Å². The zero-order valence-electron chi connectivity index (χ0n) is 6.78. The van der Waals surface area contributed by atoms with Gasteiger partial charge >= 0.3 is 0 Å². The van der Waals surface area contributed by atoms with E-state index in [1.807, 2.05) is 0 Å². The molecule has 0 spiro atoms. The fourth-order valence-corrected chi connectivity index (χ4v) is 0.714. The summed E-state index contributed by atoms with van der Waals surface area (Å²) in [6.07, 6.45) is 0. The van der Waals surface area contributed by atoms with Crippen molar-refractivity contribution in [2.24, 2.45) is 10.4 Å². The first-order chi connectivity index (χ1) is 5.74. The van der Waals surface area contributed by atoms with E-state index in [0.717, 1.165) is 0 Å². The van der Waals surface area contributed by atoms with Gasteiger partial charge in [-0.05, 0) is 19.1 Å². The molecule has 0 fully saturated rings. The van der Waals surface area contributed by atoms with Gasteiger partial charge in [0.25, 0.3) is 0 Å². The predicted octanol–water partition coefficient (Wildman–Crippen LogP) is 2.17. The van der Waals surface area contributed by atoms with E-state index in [-0.39, 0.29) is 0 Å². The molecule has 64 valence electrons. The Balaban J connectivity index is 2.94. The largest absolute Gasteiger partial charge is 0.383 e. The topological polar surface area (TPSA) is 46.8 Å². The summed E-state index contributed by atoms with van der Waals surface area (Å²) >= 11 is 0. The Hall–Kier alpha value is -1.52. The summed E-state index contributed by atoms with van der Waals surface area (Å²) in [5.74, 6) is -0.524. The Morgan fingerprint density at radius 2 is 2.25 bits per heavy atom. The van der Waals surface area contributed by atoms with Gasteiger partial charge in [-0.3, -0.25) is 0 Å². The van der Waals surface area contributed by atoms with E-state index in [0.29, 0.717) is 11.4 Å². The maximum absolute atomic E-state index is 12.5. The Morgan fingerprint density at radius 1 is 1.50 bits per heavy atom. The molecular weight excluding hydrogens is 161 g/mol. The van der Waals surface area contributed by atoms with E-state index in [9.17, 15) is 4.39 Å². The summed E-state index contributed by atoms with van der Waals surface area (Å²) in [7, 11) is 1.38. The molecule has 0 saturated carbocycles. The van der Waals surface area contributed by atoms with Crippen molar-refractivity contribution in [1.29, 1.82) is 0 Å². The first-order valence-electron chi connectivity index (χ1n) is 3.31. The molecule has 0 amide bonds. The van der Waals surface area contributed by atoms with Gasteiger partial charge in [0.15, 0.2) is 0 Å². The number of pyridine rings is 1. The van der Waals surface area contributed by atoms with Crippen molar-refractivity contribution in [3.05, 3.63) is 23.8 Å². The molecule has 0 bridgehead atoms. The van der Waals surface area contributed by atoms with Crippen molar-refractivity contribution in [2.45, 2.75) is 6.92 Å². The van der Waals surface area contributed by atoms with Crippen LogP contribution in [0.2, 0.25) is 0 Å². The van der Waals surface area contributed by atoms with E-state index in [4.69, 9.17) is 0 Å². The van der Waals surface area contributed by atoms with Gasteiger partial charge in [-0.15, -0.1) is 5.11 Å². The van der Waals surface area contributed by atoms with Gasteiger partial charge in [-0.1, -0.05) is 0 Å². The molecule has 12 heavy (non-hydrogen) atoms. The van der Waals surface area contributed by atoms with Crippen LogP contribution < -0.4 is 0 Å². The second-order valence-corrected chi connectivity index (χ2v) is 2.10. The predicted molar refractivity (Wildman–Crippen MR) is 40.5 cm³/mol. The third kappa shape index (κ3) is 1.98. The normalized spacial score (nSPS) is 10.6. The quantitative estimate of drug-likeness (QED) is 0.387. The van der Waals surface area contributed by atoms with Crippen molar-refractivity contribution in [3.8, 4) is 0 Å². The van der Waals surface area contributed by atoms with Crippen LogP contribution in [0.5, 0.6) is 0 Å². The van der Waals surface area contributed by atoms with Crippen molar-refractivity contribution in [1.82, 2.24) is 4.98 Å². The van der Waals surface area contributed by atoms with Crippen molar-refractivity contribution in [3.63, 3.8) is 0 Å². The maximum atomic E-state index is 12.5. The van der Waals surface area contributed by atoms with Gasteiger partial charge in [0.05, 0.1) is 5.69 Å². The van der Waals surface area contributed by atoms with Crippen LogP contribution in [0.4, 0.5) is 10.1 Å². The van der Waals surface area contributed by atoms with Gasteiger partial charge in [-0.25, -0.2) is 4.98 Å². The molecule has 0 unspecified atom stereocenters. The minimum absolute atomic E-state index is 0.482. The molecule has 4 nitrogen and oxygen atoms in total. The Morgan fingerprint density at radius 3 is 2.83 bits per heavy atom. The Kier molecular flexibility index (Phi) is 2.68. The SMILES string of the molecule is CON=Nc1ccc(F)nc1C. The molecule has 0 N–H and O–H groups in total. The highest BCUT2D eigenvalue weighted by Crippen LogP contribution is 2.16. The first kappa shape index (κ1) is 8.58. The van der Waals surface area contributed by atoms with Gasteiger partial charge in [0, 0.05) is 5.28 Å². The molecule has 1 aromatic heterocycles. The lowest BCUT2D eigenvalue weighted by molar-refractivity contribution is 0.190. The average Bonchev–Trinajstić information content (AvgIpc) is 2.03. The third-order valence-corrected chi connectivity index (χ3v) is 1.25. The first-order valence-corrected chi connectivity index (χ1v) is 3.31. The molecule has 0 saturated heterocycles. The monoisotopic (exact) mass is 169 g/mol. The van der Waals surface area contributed by atoms with Gasteiger partial charge in [0.2, 0.25) is 5.95 Å². The highest BCUT2D eigenvalue weighted by molar-refractivity contribution is 5.39. The zero-order chi connectivity index (χ0) is 8.97. The highest BCUT2D eigenvalue weighted by atomic mass is 19.1. The average molecular weight is 169 g/mol. The second kappa shape index (κ2) is 3.75. The summed E-state index contributed by atoms with van der Waals surface area (Å²) < 4.78 is 12.5. The molecule has 0 radical (unpaired) electrons. The number of rotatable bonds is 2. The number of halogens is 1. The van der Waals surface area contributed by atoms with Crippen molar-refractivity contribution in [2.75, 3.05) is 7.11 Å². The molecule has 0 aliphatic heterocycles. The van der Waals surface area contributed by atoms with Crippen LogP contribution in [-0.4, -0.2) is 12.1 Å². The minimum Gasteiger partial charge on any atom is -0.383 e. The lowest BCUT2D eigenvalue weighted by Gasteiger charge is -1.95. The third-order valence-electron chi connectivity index (χ3n) is 1.25. The van der Waals surface area contributed by atoms with Crippen LogP contribution in [0.15, 0.2) is 22.5 Å². The fourth-order valence-electron chi connectivity index (χ4n) is 0.714. The number of hydrogen-bond acceptors (Lipinski definition) is 4. The van der Waals surface area contributed by atoms with Gasteiger partial charge in [-0.2, -0.15) is 4.39 Å². The summed E-state index contributed by atoms with van der Waals surface area (Å²) in [6, 6.07) is 2.71. The van der Waals surface area contributed by atoms with E-state index < -0.39 is 5.95 Å². The van der Waals surface area contributed by atoms with Gasteiger partial charge < -0.3 is 4.84 Å². The molecule has 1 heterocycles. The Labute approximate surface area is 69.1 Å². The maximum Gasteiger partial charge on any atom is 0.213 e. The lowest BCUT2D eigenvalue weighted by atomic mass is 10.3. The number of hydrogen-bond donors (Lipinski definition) is 0.